The molecule has 0 radical (unpaired) electrons. The molecule has 0 aromatic rings. The van der Waals surface area contributed by atoms with Gasteiger partial charge in [0.2, 0.25) is 0 Å². The van der Waals surface area contributed by atoms with Gasteiger partial charge in [0.15, 0.2) is 0 Å². The van der Waals surface area contributed by atoms with E-state index in [2.05, 4.69) is 28.8 Å². The third kappa shape index (κ3) is 1.31. The highest BCUT2D eigenvalue weighted by Gasteiger charge is 2.35. The first kappa shape index (κ1) is 7.32. The second-order valence-electron chi connectivity index (χ2n) is 2.93. The fourth-order valence-electron chi connectivity index (χ4n) is 1.51. The molecule has 2 heterocycles. The van der Waals surface area contributed by atoms with Crippen LogP contribution in [0.15, 0.2) is 0 Å². The SMILES string of the molecule is C1CNC2(CCSC2)SC1. The van der Waals surface area contributed by atoms with Crippen molar-refractivity contribution < 1.29 is 0 Å². The number of nitrogens with one attached hydrogen (secondary N) is 1. The van der Waals surface area contributed by atoms with Gasteiger partial charge >= 0.3 is 0 Å². The van der Waals surface area contributed by atoms with E-state index in [-0.39, 0.29) is 0 Å². The molecular formula is C7H13NS2. The van der Waals surface area contributed by atoms with E-state index < -0.39 is 0 Å². The zero-order valence-electron chi connectivity index (χ0n) is 6.06. The predicted molar refractivity (Wildman–Crippen MR) is 49.8 cm³/mol. The van der Waals surface area contributed by atoms with Gasteiger partial charge in [0.05, 0.1) is 4.87 Å². The minimum Gasteiger partial charge on any atom is -0.302 e. The minimum atomic E-state index is 0.503. The summed E-state index contributed by atoms with van der Waals surface area (Å²) in [4.78, 5) is 0.503. The number of hydrogen-bond acceptors (Lipinski definition) is 3. The maximum atomic E-state index is 3.64. The smallest absolute Gasteiger partial charge is 0.0744 e. The molecule has 2 rings (SSSR count). The Balaban J connectivity index is 1.98. The molecule has 0 aromatic heterocycles. The largest absolute Gasteiger partial charge is 0.302 e. The lowest BCUT2D eigenvalue weighted by Gasteiger charge is -2.33. The summed E-state index contributed by atoms with van der Waals surface area (Å²) in [5, 5.41) is 3.64. The highest BCUT2D eigenvalue weighted by Crippen LogP contribution is 2.39. The molecular weight excluding hydrogens is 162 g/mol. The molecule has 0 bridgehead atoms. The van der Waals surface area contributed by atoms with Crippen molar-refractivity contribution >= 4 is 23.5 Å². The van der Waals surface area contributed by atoms with Crippen LogP contribution in [-0.2, 0) is 0 Å². The normalized spacial score (nSPS) is 40.8. The molecule has 2 aliphatic heterocycles. The van der Waals surface area contributed by atoms with E-state index in [0.717, 1.165) is 0 Å². The lowest BCUT2D eigenvalue weighted by molar-refractivity contribution is 0.495. The first-order valence-corrected chi connectivity index (χ1v) is 6.02. The van der Waals surface area contributed by atoms with Gasteiger partial charge in [-0.3, -0.25) is 0 Å². The van der Waals surface area contributed by atoms with Crippen LogP contribution in [0.3, 0.4) is 0 Å². The van der Waals surface area contributed by atoms with Crippen molar-refractivity contribution in [2.45, 2.75) is 17.7 Å². The standard InChI is InChI=1S/C7H13NS2/c1-3-8-7(10-4-1)2-5-9-6-7/h8H,1-6H2. The maximum Gasteiger partial charge on any atom is 0.0744 e. The Kier molecular flexibility index (Phi) is 2.16. The average molecular weight is 175 g/mol. The highest BCUT2D eigenvalue weighted by molar-refractivity contribution is 8.04. The number of thioether (sulfide) groups is 2. The molecule has 1 N–H and O–H groups in total. The van der Waals surface area contributed by atoms with Gasteiger partial charge in [-0.25, -0.2) is 0 Å². The molecule has 2 saturated heterocycles. The summed E-state index contributed by atoms with van der Waals surface area (Å²) >= 11 is 4.24. The molecule has 1 atom stereocenters. The maximum absolute atomic E-state index is 3.64. The highest BCUT2D eigenvalue weighted by atomic mass is 32.2. The fraction of sp³-hybridized carbons (Fsp3) is 1.00. The third-order valence-corrected chi connectivity index (χ3v) is 5.04. The fourth-order valence-corrected chi connectivity index (χ4v) is 4.56. The summed E-state index contributed by atoms with van der Waals surface area (Å²) in [5.74, 6) is 4.06. The Morgan fingerprint density at radius 3 is 2.90 bits per heavy atom. The van der Waals surface area contributed by atoms with Crippen molar-refractivity contribution in [2.75, 3.05) is 23.8 Å². The molecule has 10 heavy (non-hydrogen) atoms. The third-order valence-electron chi connectivity index (χ3n) is 2.13. The van der Waals surface area contributed by atoms with E-state index in [0.29, 0.717) is 4.87 Å². The molecule has 2 fully saturated rings. The Labute approximate surface area is 70.7 Å². The van der Waals surface area contributed by atoms with Gasteiger partial charge in [-0.05, 0) is 30.9 Å². The van der Waals surface area contributed by atoms with E-state index in [1.165, 1.54) is 36.6 Å². The Morgan fingerprint density at radius 1 is 1.30 bits per heavy atom. The van der Waals surface area contributed by atoms with Crippen LogP contribution in [0.5, 0.6) is 0 Å². The Morgan fingerprint density at radius 2 is 2.30 bits per heavy atom. The molecule has 1 spiro atoms. The topological polar surface area (TPSA) is 12.0 Å². The van der Waals surface area contributed by atoms with E-state index in [9.17, 15) is 0 Å². The van der Waals surface area contributed by atoms with Crippen LogP contribution < -0.4 is 5.32 Å². The van der Waals surface area contributed by atoms with Crippen LogP contribution in [0.4, 0.5) is 0 Å². The number of hydrogen-bond donors (Lipinski definition) is 1. The molecule has 0 saturated carbocycles. The summed E-state index contributed by atoms with van der Waals surface area (Å²) in [5.41, 5.74) is 0. The lowest BCUT2D eigenvalue weighted by atomic mass is 10.2. The molecule has 1 unspecified atom stereocenters. The summed E-state index contributed by atoms with van der Waals surface area (Å²) in [6, 6.07) is 0. The van der Waals surface area contributed by atoms with Gasteiger partial charge in [-0.15, -0.1) is 11.8 Å². The van der Waals surface area contributed by atoms with Crippen molar-refractivity contribution in [3.8, 4) is 0 Å². The molecule has 3 heteroatoms. The summed E-state index contributed by atoms with van der Waals surface area (Å²) in [7, 11) is 0. The van der Waals surface area contributed by atoms with E-state index in [1.54, 1.807) is 0 Å². The van der Waals surface area contributed by atoms with Crippen LogP contribution in [0.2, 0.25) is 0 Å². The van der Waals surface area contributed by atoms with Crippen molar-refractivity contribution in [2.24, 2.45) is 0 Å². The van der Waals surface area contributed by atoms with Gasteiger partial charge in [0.1, 0.15) is 0 Å². The van der Waals surface area contributed by atoms with E-state index in [1.807, 2.05) is 0 Å². The van der Waals surface area contributed by atoms with Crippen LogP contribution in [0, 0.1) is 0 Å². The van der Waals surface area contributed by atoms with Crippen molar-refractivity contribution in [3.63, 3.8) is 0 Å². The van der Waals surface area contributed by atoms with Gasteiger partial charge in [-0.2, -0.15) is 11.8 Å². The van der Waals surface area contributed by atoms with Crippen molar-refractivity contribution in [3.05, 3.63) is 0 Å². The van der Waals surface area contributed by atoms with Crippen LogP contribution in [0.1, 0.15) is 12.8 Å². The van der Waals surface area contributed by atoms with Crippen molar-refractivity contribution in [1.82, 2.24) is 5.32 Å². The van der Waals surface area contributed by atoms with E-state index >= 15 is 0 Å². The summed E-state index contributed by atoms with van der Waals surface area (Å²) < 4.78 is 0. The Bertz CT molecular complexity index is 113. The quantitative estimate of drug-likeness (QED) is 0.600. The minimum absolute atomic E-state index is 0.503. The van der Waals surface area contributed by atoms with E-state index in [4.69, 9.17) is 0 Å². The van der Waals surface area contributed by atoms with Gasteiger partial charge in [-0.1, -0.05) is 0 Å². The second-order valence-corrected chi connectivity index (χ2v) is 5.51. The lowest BCUT2D eigenvalue weighted by Crippen LogP contribution is -2.45. The monoisotopic (exact) mass is 175 g/mol. The molecule has 2 aliphatic rings. The first-order chi connectivity index (χ1) is 4.91. The number of rotatable bonds is 0. The predicted octanol–water partition coefficient (Wildman–Crippen LogP) is 1.55. The van der Waals surface area contributed by atoms with Crippen LogP contribution in [0.25, 0.3) is 0 Å². The van der Waals surface area contributed by atoms with Gasteiger partial charge < -0.3 is 5.32 Å². The summed E-state index contributed by atoms with van der Waals surface area (Å²) in [6.07, 6.45) is 2.74. The van der Waals surface area contributed by atoms with Crippen LogP contribution >= 0.6 is 23.5 Å². The van der Waals surface area contributed by atoms with Gasteiger partial charge in [0.25, 0.3) is 0 Å². The first-order valence-electron chi connectivity index (χ1n) is 3.88. The zero-order valence-corrected chi connectivity index (χ0v) is 7.69. The van der Waals surface area contributed by atoms with Crippen molar-refractivity contribution in [1.29, 1.82) is 0 Å². The van der Waals surface area contributed by atoms with Gasteiger partial charge in [0, 0.05) is 5.75 Å². The summed E-state index contributed by atoms with van der Waals surface area (Å²) in [6.45, 7) is 1.24. The second kappa shape index (κ2) is 2.95. The molecule has 58 valence electrons. The Hall–Kier alpha value is 0.660. The van der Waals surface area contributed by atoms with Crippen LogP contribution in [-0.4, -0.2) is 28.7 Å². The molecule has 1 nitrogen and oxygen atoms in total. The molecule has 0 aromatic carbocycles. The zero-order chi connectivity index (χ0) is 6.86. The molecule has 0 aliphatic carbocycles. The molecule has 0 amide bonds. The average Bonchev–Trinajstić information content (AvgIpc) is 2.39.